The molecule has 10 heteroatoms. The highest BCUT2D eigenvalue weighted by Crippen LogP contribution is 2.24. The summed E-state index contributed by atoms with van der Waals surface area (Å²) in [4.78, 5) is 0. The molecule has 4 aliphatic heterocycles. The molecule has 0 aromatic rings. The van der Waals surface area contributed by atoms with E-state index in [9.17, 15) is 0 Å². The molecule has 8 atom stereocenters. The molecule has 0 aliphatic carbocycles. The fraction of sp³-hybridized carbons (Fsp3) is 1.00. The Morgan fingerprint density at radius 2 is 1.03 bits per heavy atom. The van der Waals surface area contributed by atoms with Crippen LogP contribution in [0.3, 0.4) is 0 Å². The molecule has 0 N–H and O–H groups in total. The van der Waals surface area contributed by atoms with Crippen molar-refractivity contribution >= 4 is 0 Å². The first-order valence-corrected chi connectivity index (χ1v) is 12.7. The van der Waals surface area contributed by atoms with Gasteiger partial charge in [-0.05, 0) is 5.92 Å². The summed E-state index contributed by atoms with van der Waals surface area (Å²) < 4.78 is 57.8. The highest BCUT2D eigenvalue weighted by molar-refractivity contribution is 4.72. The van der Waals surface area contributed by atoms with Gasteiger partial charge >= 0.3 is 0 Å². The second kappa shape index (κ2) is 13.2. The lowest BCUT2D eigenvalue weighted by molar-refractivity contribution is -0.147. The van der Waals surface area contributed by atoms with Crippen molar-refractivity contribution in [3.05, 3.63) is 0 Å². The molecule has 4 aliphatic rings. The summed E-state index contributed by atoms with van der Waals surface area (Å²) in [7, 11) is 0. The number of rotatable bonds is 13. The molecule has 34 heavy (non-hydrogen) atoms. The van der Waals surface area contributed by atoms with Crippen LogP contribution in [0.15, 0.2) is 0 Å². The highest BCUT2D eigenvalue weighted by atomic mass is 16.8. The van der Waals surface area contributed by atoms with Crippen molar-refractivity contribution in [2.45, 2.75) is 90.1 Å². The predicted octanol–water partition coefficient (Wildman–Crippen LogP) is 2.08. The van der Waals surface area contributed by atoms with Gasteiger partial charge in [-0.2, -0.15) is 0 Å². The molecule has 0 aromatic heterocycles. The minimum absolute atomic E-state index is 0.0225. The SMILES string of the molecule is CC(C)CC1OCC(COCC2COC(CC3OCC(COCC4COC(C(C)C)O4)O3)O2)O1. The van der Waals surface area contributed by atoms with Gasteiger partial charge in [0.2, 0.25) is 0 Å². The van der Waals surface area contributed by atoms with Crippen molar-refractivity contribution in [3.8, 4) is 0 Å². The molecule has 0 aromatic carbocycles. The molecule has 8 unspecified atom stereocenters. The van der Waals surface area contributed by atoms with Gasteiger partial charge in [-0.3, -0.25) is 0 Å². The first-order valence-electron chi connectivity index (χ1n) is 12.7. The molecule has 4 rings (SSSR count). The van der Waals surface area contributed by atoms with Crippen LogP contribution < -0.4 is 0 Å². The number of hydrogen-bond donors (Lipinski definition) is 0. The Kier molecular flexibility index (Phi) is 10.4. The Labute approximate surface area is 202 Å². The van der Waals surface area contributed by atoms with Crippen LogP contribution in [0.1, 0.15) is 40.5 Å². The number of ether oxygens (including phenoxy) is 10. The van der Waals surface area contributed by atoms with E-state index in [2.05, 4.69) is 27.7 Å². The smallest absolute Gasteiger partial charge is 0.163 e. The standard InChI is InChI=1S/C24H42O10/c1-15(2)5-21-27-11-17(31-21)7-25-8-18-12-28-22(32-18)6-23-29-13-19(33-23)9-26-10-20-14-30-24(34-20)16(3)4/h15-24H,5-14H2,1-4H3. The Bertz CT molecular complexity index is 590. The van der Waals surface area contributed by atoms with Crippen LogP contribution in [-0.2, 0) is 47.4 Å². The molecule has 198 valence electrons. The Morgan fingerprint density at radius 3 is 1.50 bits per heavy atom. The summed E-state index contributed by atoms with van der Waals surface area (Å²) in [6, 6.07) is 0. The zero-order chi connectivity index (χ0) is 23.9. The minimum atomic E-state index is -0.364. The van der Waals surface area contributed by atoms with E-state index in [4.69, 9.17) is 47.4 Å². The lowest BCUT2D eigenvalue weighted by Crippen LogP contribution is -2.27. The largest absolute Gasteiger partial charge is 0.376 e. The van der Waals surface area contributed by atoms with Gasteiger partial charge in [-0.15, -0.1) is 0 Å². The summed E-state index contributed by atoms with van der Waals surface area (Å²) in [5.74, 6) is 0.877. The fourth-order valence-electron chi connectivity index (χ4n) is 4.27. The van der Waals surface area contributed by atoms with E-state index < -0.39 is 0 Å². The van der Waals surface area contributed by atoms with Gasteiger partial charge in [-0.25, -0.2) is 0 Å². The van der Waals surface area contributed by atoms with E-state index in [1.807, 2.05) is 0 Å². The van der Waals surface area contributed by atoms with Crippen molar-refractivity contribution in [3.63, 3.8) is 0 Å². The van der Waals surface area contributed by atoms with Crippen LogP contribution in [0.25, 0.3) is 0 Å². The van der Waals surface area contributed by atoms with Crippen molar-refractivity contribution in [2.75, 3.05) is 52.9 Å². The summed E-state index contributed by atoms with van der Waals surface area (Å²) in [6.07, 6.45) is 0.157. The Balaban J connectivity index is 1.02. The van der Waals surface area contributed by atoms with Gasteiger partial charge in [0.25, 0.3) is 0 Å². The third-order valence-corrected chi connectivity index (χ3v) is 6.02. The average Bonchev–Trinajstić information content (AvgIpc) is 3.57. The molecular formula is C24H42O10. The molecule has 0 bridgehead atoms. The van der Waals surface area contributed by atoms with Gasteiger partial charge in [0.1, 0.15) is 24.4 Å². The van der Waals surface area contributed by atoms with Crippen molar-refractivity contribution in [1.29, 1.82) is 0 Å². The summed E-state index contributed by atoms with van der Waals surface area (Å²) in [5.41, 5.74) is 0. The van der Waals surface area contributed by atoms with E-state index in [0.717, 1.165) is 6.42 Å². The van der Waals surface area contributed by atoms with Crippen LogP contribution in [-0.4, -0.2) is 102 Å². The van der Waals surface area contributed by atoms with Crippen LogP contribution in [0, 0.1) is 11.8 Å². The van der Waals surface area contributed by atoms with E-state index >= 15 is 0 Å². The summed E-state index contributed by atoms with van der Waals surface area (Å²) in [6.45, 7) is 12.5. The van der Waals surface area contributed by atoms with E-state index in [0.29, 0.717) is 71.1 Å². The van der Waals surface area contributed by atoms with Crippen LogP contribution >= 0.6 is 0 Å². The minimum Gasteiger partial charge on any atom is -0.376 e. The molecule has 4 saturated heterocycles. The van der Waals surface area contributed by atoms with Gasteiger partial charge in [0.15, 0.2) is 25.2 Å². The third-order valence-electron chi connectivity index (χ3n) is 6.02. The summed E-state index contributed by atoms with van der Waals surface area (Å²) in [5, 5.41) is 0. The second-order valence-electron chi connectivity index (χ2n) is 10.2. The van der Waals surface area contributed by atoms with E-state index in [-0.39, 0.29) is 49.6 Å². The molecule has 0 radical (unpaired) electrons. The molecule has 0 spiro atoms. The van der Waals surface area contributed by atoms with E-state index in [1.165, 1.54) is 0 Å². The normalized spacial score (nSPS) is 38.6. The first-order chi connectivity index (χ1) is 16.4. The van der Waals surface area contributed by atoms with Crippen LogP contribution in [0.4, 0.5) is 0 Å². The van der Waals surface area contributed by atoms with Crippen molar-refractivity contribution in [2.24, 2.45) is 11.8 Å². The van der Waals surface area contributed by atoms with Crippen molar-refractivity contribution in [1.82, 2.24) is 0 Å². The maximum absolute atomic E-state index is 5.93. The quantitative estimate of drug-likeness (QED) is 0.382. The van der Waals surface area contributed by atoms with Gasteiger partial charge in [0.05, 0.1) is 52.9 Å². The molecular weight excluding hydrogens is 448 g/mol. The monoisotopic (exact) mass is 490 g/mol. The number of hydrogen-bond acceptors (Lipinski definition) is 10. The lowest BCUT2D eigenvalue weighted by atomic mass is 10.1. The maximum Gasteiger partial charge on any atom is 0.163 e. The molecule has 10 nitrogen and oxygen atoms in total. The topological polar surface area (TPSA) is 92.3 Å². The first kappa shape index (κ1) is 26.7. The highest BCUT2D eigenvalue weighted by Gasteiger charge is 2.35. The van der Waals surface area contributed by atoms with Gasteiger partial charge < -0.3 is 47.4 Å². The van der Waals surface area contributed by atoms with Crippen LogP contribution in [0.2, 0.25) is 0 Å². The predicted molar refractivity (Wildman–Crippen MR) is 119 cm³/mol. The Morgan fingerprint density at radius 1 is 0.588 bits per heavy atom. The zero-order valence-electron chi connectivity index (χ0n) is 20.9. The second-order valence-corrected chi connectivity index (χ2v) is 10.2. The molecule has 4 fully saturated rings. The summed E-state index contributed by atoms with van der Waals surface area (Å²) >= 11 is 0. The maximum atomic E-state index is 5.93. The lowest BCUT2D eigenvalue weighted by Gasteiger charge is -2.17. The van der Waals surface area contributed by atoms with Crippen molar-refractivity contribution < 1.29 is 47.4 Å². The third kappa shape index (κ3) is 8.33. The van der Waals surface area contributed by atoms with Gasteiger partial charge in [-0.1, -0.05) is 27.7 Å². The van der Waals surface area contributed by atoms with Gasteiger partial charge in [0, 0.05) is 18.8 Å². The van der Waals surface area contributed by atoms with Crippen LogP contribution in [0.5, 0.6) is 0 Å². The molecule has 0 amide bonds. The molecule has 4 heterocycles. The molecule has 0 saturated carbocycles. The zero-order valence-corrected chi connectivity index (χ0v) is 20.9. The Hall–Kier alpha value is -0.400. The van der Waals surface area contributed by atoms with E-state index in [1.54, 1.807) is 0 Å². The average molecular weight is 491 g/mol. The fourth-order valence-corrected chi connectivity index (χ4v) is 4.27.